The Hall–Kier alpha value is -0.400. The number of aryl methyl sites for hydroxylation is 1. The minimum atomic E-state index is 0.195. The first kappa shape index (κ1) is 11.1. The van der Waals surface area contributed by atoms with Gasteiger partial charge in [-0.05, 0) is 43.0 Å². The summed E-state index contributed by atoms with van der Waals surface area (Å²) >= 11 is 12.0. The summed E-state index contributed by atoms with van der Waals surface area (Å²) < 4.78 is 5.62. The fourth-order valence-electron chi connectivity index (χ4n) is 1.89. The third kappa shape index (κ3) is 2.59. The van der Waals surface area contributed by atoms with E-state index in [9.17, 15) is 0 Å². The van der Waals surface area contributed by atoms with Crippen LogP contribution in [-0.2, 0) is 12.8 Å². The summed E-state index contributed by atoms with van der Waals surface area (Å²) in [6.45, 7) is 2.78. The van der Waals surface area contributed by atoms with Gasteiger partial charge >= 0.3 is 0 Å². The number of ether oxygens (including phenoxy) is 1. The Balaban J connectivity index is 2.22. The van der Waals surface area contributed by atoms with E-state index in [2.05, 4.69) is 0 Å². The molecule has 1 aromatic rings. The standard InChI is InChI=1S/C12H14Cl2O/c1-8(13)2-3-9-6-11(14)7-10-4-5-15-12(9)10/h6-8H,2-5H2,1H3. The Kier molecular flexibility index (Phi) is 3.42. The largest absolute Gasteiger partial charge is 0.493 e. The van der Waals surface area contributed by atoms with E-state index in [1.54, 1.807) is 0 Å². The summed E-state index contributed by atoms with van der Waals surface area (Å²) in [6, 6.07) is 3.99. The highest BCUT2D eigenvalue weighted by atomic mass is 35.5. The van der Waals surface area contributed by atoms with Crippen LogP contribution in [0.4, 0.5) is 0 Å². The first-order valence-corrected chi connectivity index (χ1v) is 6.06. The van der Waals surface area contributed by atoms with E-state index in [1.165, 1.54) is 11.1 Å². The van der Waals surface area contributed by atoms with Crippen LogP contribution >= 0.6 is 23.2 Å². The van der Waals surface area contributed by atoms with Gasteiger partial charge in [0.05, 0.1) is 6.61 Å². The highest BCUT2D eigenvalue weighted by Crippen LogP contribution is 2.33. The highest BCUT2D eigenvalue weighted by Gasteiger charge is 2.17. The minimum absolute atomic E-state index is 0.195. The predicted octanol–water partition coefficient (Wildman–Crippen LogP) is 3.83. The lowest BCUT2D eigenvalue weighted by atomic mass is 10.0. The van der Waals surface area contributed by atoms with Crippen molar-refractivity contribution in [3.8, 4) is 5.75 Å². The van der Waals surface area contributed by atoms with Crippen LogP contribution in [0.2, 0.25) is 5.02 Å². The molecule has 3 heteroatoms. The van der Waals surface area contributed by atoms with E-state index in [4.69, 9.17) is 27.9 Å². The zero-order valence-corrected chi connectivity index (χ0v) is 10.2. The van der Waals surface area contributed by atoms with Crippen molar-refractivity contribution in [2.45, 2.75) is 31.6 Å². The molecular formula is C12H14Cl2O. The third-order valence-corrected chi connectivity index (χ3v) is 3.07. The van der Waals surface area contributed by atoms with Gasteiger partial charge in [-0.3, -0.25) is 0 Å². The lowest BCUT2D eigenvalue weighted by Gasteiger charge is -2.09. The Morgan fingerprint density at radius 1 is 1.47 bits per heavy atom. The fraction of sp³-hybridized carbons (Fsp3) is 0.500. The van der Waals surface area contributed by atoms with Crippen LogP contribution in [0.15, 0.2) is 12.1 Å². The van der Waals surface area contributed by atoms with Crippen molar-refractivity contribution in [3.63, 3.8) is 0 Å². The molecule has 0 radical (unpaired) electrons. The second kappa shape index (κ2) is 4.63. The number of hydrogen-bond donors (Lipinski definition) is 0. The van der Waals surface area contributed by atoms with E-state index in [1.807, 2.05) is 19.1 Å². The lowest BCUT2D eigenvalue weighted by molar-refractivity contribution is 0.353. The van der Waals surface area contributed by atoms with Crippen molar-refractivity contribution in [1.82, 2.24) is 0 Å². The van der Waals surface area contributed by atoms with Gasteiger partial charge in [-0.15, -0.1) is 11.6 Å². The second-order valence-electron chi connectivity index (χ2n) is 3.97. The van der Waals surface area contributed by atoms with Crippen LogP contribution in [-0.4, -0.2) is 12.0 Å². The quantitative estimate of drug-likeness (QED) is 0.735. The first-order chi connectivity index (χ1) is 7.16. The molecule has 0 aliphatic carbocycles. The Morgan fingerprint density at radius 2 is 2.27 bits per heavy atom. The number of hydrogen-bond acceptors (Lipinski definition) is 1. The van der Waals surface area contributed by atoms with Crippen molar-refractivity contribution in [2.75, 3.05) is 6.61 Å². The summed E-state index contributed by atoms with van der Waals surface area (Å²) in [7, 11) is 0. The summed E-state index contributed by atoms with van der Waals surface area (Å²) in [5.74, 6) is 1.04. The molecule has 0 aromatic heterocycles. The van der Waals surface area contributed by atoms with E-state index >= 15 is 0 Å². The van der Waals surface area contributed by atoms with Crippen molar-refractivity contribution >= 4 is 23.2 Å². The molecule has 0 N–H and O–H groups in total. The zero-order chi connectivity index (χ0) is 10.8. The minimum Gasteiger partial charge on any atom is -0.493 e. The molecule has 1 aliphatic heterocycles. The zero-order valence-electron chi connectivity index (χ0n) is 8.72. The number of fused-ring (bicyclic) bond motifs is 1. The molecular weight excluding hydrogens is 231 g/mol. The molecule has 0 bridgehead atoms. The Morgan fingerprint density at radius 3 is 3.00 bits per heavy atom. The molecule has 15 heavy (non-hydrogen) atoms. The van der Waals surface area contributed by atoms with Gasteiger partial charge in [0.15, 0.2) is 0 Å². The van der Waals surface area contributed by atoms with Gasteiger partial charge < -0.3 is 4.74 Å². The molecule has 0 fully saturated rings. The van der Waals surface area contributed by atoms with Crippen LogP contribution in [0.1, 0.15) is 24.5 Å². The summed E-state index contributed by atoms with van der Waals surface area (Å²) in [5.41, 5.74) is 2.43. The van der Waals surface area contributed by atoms with Gasteiger partial charge in [-0.1, -0.05) is 11.6 Å². The topological polar surface area (TPSA) is 9.23 Å². The van der Waals surface area contributed by atoms with Crippen molar-refractivity contribution in [1.29, 1.82) is 0 Å². The van der Waals surface area contributed by atoms with E-state index in [0.29, 0.717) is 0 Å². The molecule has 0 spiro atoms. The molecule has 1 aliphatic rings. The lowest BCUT2D eigenvalue weighted by Crippen LogP contribution is -1.97. The Labute approximate surface area is 100 Å². The fourth-order valence-corrected chi connectivity index (χ4v) is 2.26. The Bertz CT molecular complexity index is 361. The van der Waals surface area contributed by atoms with Gasteiger partial charge in [-0.2, -0.15) is 0 Å². The average molecular weight is 245 g/mol. The summed E-state index contributed by atoms with van der Waals surface area (Å²) in [4.78, 5) is 0. The first-order valence-electron chi connectivity index (χ1n) is 5.25. The van der Waals surface area contributed by atoms with Crippen LogP contribution < -0.4 is 4.74 Å². The maximum Gasteiger partial charge on any atom is 0.125 e. The number of halogens is 2. The predicted molar refractivity (Wildman–Crippen MR) is 64.3 cm³/mol. The van der Waals surface area contributed by atoms with Crippen molar-refractivity contribution in [2.24, 2.45) is 0 Å². The van der Waals surface area contributed by atoms with E-state index < -0.39 is 0 Å². The summed E-state index contributed by atoms with van der Waals surface area (Å²) in [5, 5.41) is 0.998. The van der Waals surface area contributed by atoms with Gasteiger partial charge in [0, 0.05) is 16.8 Å². The molecule has 1 atom stereocenters. The number of rotatable bonds is 3. The van der Waals surface area contributed by atoms with Crippen LogP contribution in [0.25, 0.3) is 0 Å². The molecule has 82 valence electrons. The molecule has 1 nitrogen and oxygen atoms in total. The number of alkyl halides is 1. The maximum absolute atomic E-state index is 6.06. The van der Waals surface area contributed by atoms with E-state index in [-0.39, 0.29) is 5.38 Å². The normalized spacial score (nSPS) is 15.9. The highest BCUT2D eigenvalue weighted by molar-refractivity contribution is 6.30. The average Bonchev–Trinajstić information content (AvgIpc) is 2.61. The van der Waals surface area contributed by atoms with E-state index in [0.717, 1.165) is 36.6 Å². The molecule has 1 aromatic carbocycles. The molecule has 1 unspecified atom stereocenters. The smallest absolute Gasteiger partial charge is 0.125 e. The van der Waals surface area contributed by atoms with Gasteiger partial charge in [0.1, 0.15) is 5.75 Å². The van der Waals surface area contributed by atoms with Gasteiger partial charge in [0.25, 0.3) is 0 Å². The van der Waals surface area contributed by atoms with Crippen LogP contribution in [0, 0.1) is 0 Å². The van der Waals surface area contributed by atoms with Crippen LogP contribution in [0.5, 0.6) is 5.75 Å². The van der Waals surface area contributed by atoms with Crippen LogP contribution in [0.3, 0.4) is 0 Å². The monoisotopic (exact) mass is 244 g/mol. The second-order valence-corrected chi connectivity index (χ2v) is 5.15. The number of benzene rings is 1. The van der Waals surface area contributed by atoms with Gasteiger partial charge in [-0.25, -0.2) is 0 Å². The van der Waals surface area contributed by atoms with Crippen molar-refractivity contribution < 1.29 is 4.74 Å². The molecule has 0 saturated carbocycles. The third-order valence-electron chi connectivity index (χ3n) is 2.64. The molecule has 2 rings (SSSR count). The van der Waals surface area contributed by atoms with Crippen molar-refractivity contribution in [3.05, 3.63) is 28.3 Å². The maximum atomic E-state index is 6.06. The molecule has 1 heterocycles. The summed E-state index contributed by atoms with van der Waals surface area (Å²) in [6.07, 6.45) is 2.87. The molecule has 0 saturated heterocycles. The molecule has 0 amide bonds. The SMILES string of the molecule is CC(Cl)CCc1cc(Cl)cc2c1OCC2. The van der Waals surface area contributed by atoms with Gasteiger partial charge in [0.2, 0.25) is 0 Å².